The number of nitrogens with two attached hydrogens (primary N) is 16. The molecule has 0 aromatic heterocycles. The summed E-state index contributed by atoms with van der Waals surface area (Å²) in [7, 11) is 0. The number of carbonyl (C=O) groups is 10. The number of carboxylic acids is 1. The number of aliphatic imine (C=N–C) groups is 6. The van der Waals surface area contributed by atoms with Gasteiger partial charge in [0.25, 0.3) is 0 Å². The number of unbranched alkanes of at least 4 members (excludes halogenated alkanes) is 2. The first-order valence-corrected chi connectivity index (χ1v) is 30.3. The van der Waals surface area contributed by atoms with Crippen molar-refractivity contribution < 1.29 is 53.1 Å². The van der Waals surface area contributed by atoms with Gasteiger partial charge in [-0.25, -0.2) is 4.79 Å². The van der Waals surface area contributed by atoms with Crippen LogP contribution in [0.2, 0.25) is 0 Å². The van der Waals surface area contributed by atoms with Crippen molar-refractivity contribution in [1.82, 2.24) is 42.5 Å². The summed E-state index contributed by atoms with van der Waals surface area (Å²) in [5.74, 6) is -11.6. The largest absolute Gasteiger partial charge is 0.480 e. The molecular weight excluding hydrogens is 1220 g/mol. The van der Waals surface area contributed by atoms with E-state index in [1.165, 1.54) is 0 Å². The highest BCUT2D eigenvalue weighted by Gasteiger charge is 2.35. The first-order chi connectivity index (χ1) is 43.9. The topological polar surface area (TPSA) is 778 Å². The molecule has 0 spiro atoms. The fourth-order valence-electron chi connectivity index (χ4n) is 8.62. The maximum absolute atomic E-state index is 14.6. The van der Waals surface area contributed by atoms with E-state index in [2.05, 4.69) is 72.5 Å². The summed E-state index contributed by atoms with van der Waals surface area (Å²) in [5, 5.41) is 30.3. The zero-order chi connectivity index (χ0) is 70.4. The van der Waals surface area contributed by atoms with Crippen LogP contribution in [0.5, 0.6) is 0 Å². The van der Waals surface area contributed by atoms with Gasteiger partial charge in [-0.1, -0.05) is 0 Å². The number of primary amides is 1. The SMILES string of the molecule is NCCCC[C@H](NC(=O)[C@H](N)CCCN=C(N)N)C(=O)N[C@@H](CCCCN)C(=O)N[C@@H](CCCN=C(N)N)C(=O)N[C@H](CCCN=C(N)N)C(=O)N[C@@H](CC(N)=O)C(=O)N[C@@H](CCCN=C(N)N)C(=O)N[C@@H](CCCN=C(N)N)C(=O)N[C@H](CCCN=C(N)N)C(=O)O. The fourth-order valence-corrected chi connectivity index (χ4v) is 8.62. The van der Waals surface area contributed by atoms with Crippen LogP contribution in [0.1, 0.15) is 122 Å². The molecule has 0 bridgehead atoms. The molecule has 0 aromatic carbocycles. The van der Waals surface area contributed by atoms with E-state index in [0.717, 1.165) is 0 Å². The molecule has 41 N–H and O–H groups in total. The predicted octanol–water partition coefficient (Wildman–Crippen LogP) is -11.3. The van der Waals surface area contributed by atoms with Gasteiger partial charge in [-0.05, 0) is 129 Å². The minimum absolute atomic E-state index is 0.00327. The number of rotatable bonds is 51. The minimum atomic E-state index is -1.88. The Morgan fingerprint density at radius 1 is 0.280 bits per heavy atom. The molecule has 9 atom stereocenters. The molecule has 9 amide bonds. The second-order valence-corrected chi connectivity index (χ2v) is 21.4. The number of aliphatic carboxylic acids is 1. The van der Waals surface area contributed by atoms with Crippen LogP contribution in [0, 0.1) is 0 Å². The molecule has 0 saturated heterocycles. The lowest BCUT2D eigenvalue weighted by molar-refractivity contribution is -0.142. The second-order valence-electron chi connectivity index (χ2n) is 21.4. The molecule has 0 aliphatic carbocycles. The van der Waals surface area contributed by atoms with Crippen molar-refractivity contribution in [3.8, 4) is 0 Å². The Morgan fingerprint density at radius 2 is 0.484 bits per heavy atom. The molecule has 41 heteroatoms. The van der Waals surface area contributed by atoms with Gasteiger partial charge in [-0.15, -0.1) is 0 Å². The zero-order valence-electron chi connectivity index (χ0n) is 52.7. The minimum Gasteiger partial charge on any atom is -0.480 e. The Labute approximate surface area is 539 Å². The first kappa shape index (κ1) is 83.2. The van der Waals surface area contributed by atoms with Crippen LogP contribution in [0.25, 0.3) is 0 Å². The number of nitrogens with zero attached hydrogens (tertiary/aromatic N) is 6. The number of guanidine groups is 6. The number of hydrogen-bond acceptors (Lipinski definition) is 19. The normalized spacial score (nSPS) is 13.6. The van der Waals surface area contributed by atoms with E-state index < -0.39 is 120 Å². The molecule has 0 aliphatic heterocycles. The summed E-state index contributed by atoms with van der Waals surface area (Å²) in [6.45, 7) is 0.486. The van der Waals surface area contributed by atoms with E-state index in [0.29, 0.717) is 32.1 Å². The average Bonchev–Trinajstić information content (AvgIpc) is 3.51. The van der Waals surface area contributed by atoms with Crippen molar-refractivity contribution in [1.29, 1.82) is 0 Å². The molecule has 0 aromatic rings. The molecule has 0 rings (SSSR count). The Bertz CT molecular complexity index is 2550. The van der Waals surface area contributed by atoms with Gasteiger partial charge in [0.1, 0.15) is 48.3 Å². The summed E-state index contributed by atoms with van der Waals surface area (Å²) < 4.78 is 0. The molecule has 0 radical (unpaired) electrons. The van der Waals surface area contributed by atoms with Gasteiger partial charge < -0.3 is 139 Å². The van der Waals surface area contributed by atoms with Crippen molar-refractivity contribution in [2.45, 2.75) is 176 Å². The molecule has 41 nitrogen and oxygen atoms in total. The van der Waals surface area contributed by atoms with E-state index >= 15 is 0 Å². The van der Waals surface area contributed by atoms with Crippen molar-refractivity contribution in [3.63, 3.8) is 0 Å². The number of hydrogen-bond donors (Lipinski definition) is 25. The van der Waals surface area contributed by atoms with Crippen LogP contribution in [-0.4, -0.2) is 207 Å². The highest BCUT2D eigenvalue weighted by Crippen LogP contribution is 2.12. The van der Waals surface area contributed by atoms with E-state index in [4.69, 9.17) is 91.7 Å². The van der Waals surface area contributed by atoms with Gasteiger partial charge in [0.05, 0.1) is 12.5 Å². The lowest BCUT2D eigenvalue weighted by Gasteiger charge is -2.28. The Morgan fingerprint density at radius 3 is 0.720 bits per heavy atom. The molecule has 0 saturated carbocycles. The van der Waals surface area contributed by atoms with E-state index in [1.807, 2.05) is 0 Å². The van der Waals surface area contributed by atoms with Crippen LogP contribution >= 0.6 is 0 Å². The van der Waals surface area contributed by atoms with Gasteiger partial charge >= 0.3 is 5.97 Å². The van der Waals surface area contributed by atoms with Crippen LogP contribution in [0.15, 0.2) is 30.0 Å². The smallest absolute Gasteiger partial charge is 0.326 e. The molecule has 0 heterocycles. The van der Waals surface area contributed by atoms with Gasteiger partial charge in [0.2, 0.25) is 53.2 Å². The van der Waals surface area contributed by atoms with Crippen molar-refractivity contribution in [3.05, 3.63) is 0 Å². The van der Waals surface area contributed by atoms with E-state index in [1.54, 1.807) is 0 Å². The summed E-state index contributed by atoms with van der Waals surface area (Å²) in [6, 6.07) is -13.2. The monoisotopic (exact) mass is 1320 g/mol. The molecular formula is C52H104N30O11. The number of amides is 9. The van der Waals surface area contributed by atoms with E-state index in [9.17, 15) is 53.1 Å². The maximum Gasteiger partial charge on any atom is 0.326 e. The standard InChI is InChI=1S/C52H104N30O11/c53-19-3-1-12-29(75-38(84)28(55)11-5-21-69-47(57)58)39(85)76-30(13-2-4-20-54)40(86)77-31(14-6-22-70-48(59)60)41(87)79-34(17-9-25-73-51(65)66)44(90)82-36(27-37(56)83)45(91)80-32(15-7-23-71-49(61)62)42(88)78-33(16-8-24-72-50(63)64)43(89)81-35(46(92)93)18-10-26-74-52(67)68/h28-36H,1-27,53-55H2,(H2,56,83)(H,75,84)(H,76,85)(H,77,86)(H,78,88)(H,79,87)(H,80,91)(H,81,89)(H,82,90)(H,92,93)(H4,57,58,69)(H4,59,60,70)(H4,61,62,71)(H4,63,64,72)(H4,65,66,73)(H4,67,68,74)/t28-,29+,30+,31+,32+,33+,34-,35-,36+/m1/s1. The summed E-state index contributed by atoms with van der Waals surface area (Å²) in [5.41, 5.74) is 89.0. The van der Waals surface area contributed by atoms with E-state index in [-0.39, 0.29) is 172 Å². The average molecular weight is 1330 g/mol. The van der Waals surface area contributed by atoms with Crippen LogP contribution in [-0.2, 0) is 47.9 Å². The van der Waals surface area contributed by atoms with Crippen LogP contribution in [0.4, 0.5) is 0 Å². The van der Waals surface area contributed by atoms with Gasteiger partial charge in [-0.3, -0.25) is 73.1 Å². The van der Waals surface area contributed by atoms with Crippen molar-refractivity contribution in [2.75, 3.05) is 52.4 Å². The zero-order valence-corrected chi connectivity index (χ0v) is 52.7. The van der Waals surface area contributed by atoms with Crippen LogP contribution in [0.3, 0.4) is 0 Å². The fraction of sp³-hybridized carbons (Fsp3) is 0.692. The molecule has 528 valence electrons. The van der Waals surface area contributed by atoms with Gasteiger partial charge in [0, 0.05) is 39.3 Å². The summed E-state index contributed by atoms with van der Waals surface area (Å²) in [4.78, 5) is 162. The lowest BCUT2D eigenvalue weighted by atomic mass is 10.0. The number of nitrogens with one attached hydrogen (secondary N) is 8. The maximum atomic E-state index is 14.6. The summed E-state index contributed by atoms with van der Waals surface area (Å²) >= 11 is 0. The van der Waals surface area contributed by atoms with Crippen molar-refractivity contribution >= 4 is 94.9 Å². The highest BCUT2D eigenvalue weighted by molar-refractivity contribution is 5.99. The third-order valence-electron chi connectivity index (χ3n) is 13.4. The second kappa shape index (κ2) is 48.1. The van der Waals surface area contributed by atoms with Crippen LogP contribution < -0.4 is 134 Å². The summed E-state index contributed by atoms with van der Waals surface area (Å²) in [6.07, 6.45) is 0.537. The Kier molecular flexibility index (Phi) is 43.0. The molecule has 0 unspecified atom stereocenters. The first-order valence-electron chi connectivity index (χ1n) is 30.3. The third kappa shape index (κ3) is 40.5. The molecule has 93 heavy (non-hydrogen) atoms. The predicted molar refractivity (Wildman–Crippen MR) is 350 cm³/mol. The number of carboxylic acid groups (broad SMARTS) is 1. The van der Waals surface area contributed by atoms with Gasteiger partial charge in [0.15, 0.2) is 35.8 Å². The third-order valence-corrected chi connectivity index (χ3v) is 13.4. The quantitative estimate of drug-likeness (QED) is 0.0153. The highest BCUT2D eigenvalue weighted by atomic mass is 16.4. The molecule has 0 aliphatic rings. The molecule has 0 fully saturated rings. The number of carbonyl (C=O) groups excluding carboxylic acids is 9. The lowest BCUT2D eigenvalue weighted by Crippen LogP contribution is -2.60. The Balaban J connectivity index is 7.39. The van der Waals surface area contributed by atoms with Crippen molar-refractivity contribution in [2.24, 2.45) is 122 Å². The Hall–Kier alpha value is -9.80. The van der Waals surface area contributed by atoms with Gasteiger partial charge in [-0.2, -0.15) is 0 Å².